The van der Waals surface area contributed by atoms with Gasteiger partial charge >= 0.3 is 11.9 Å². The average molecular weight is 435 g/mol. The van der Waals surface area contributed by atoms with Gasteiger partial charge in [-0.05, 0) is 56.3 Å². The first-order chi connectivity index (χ1) is 14.9. The van der Waals surface area contributed by atoms with E-state index in [4.69, 9.17) is 23.7 Å². The smallest absolute Gasteiger partial charge is 0.333 e. The largest absolute Gasteiger partial charge is 0.469 e. The Morgan fingerprint density at radius 1 is 1.26 bits per heavy atom. The summed E-state index contributed by atoms with van der Waals surface area (Å²) in [7, 11) is 3.18. The van der Waals surface area contributed by atoms with Crippen molar-refractivity contribution in [1.82, 2.24) is 0 Å². The molecule has 0 N–H and O–H groups in total. The summed E-state index contributed by atoms with van der Waals surface area (Å²) >= 11 is 0. The Bertz CT molecular complexity index is 808. The van der Waals surface area contributed by atoms with E-state index in [1.807, 2.05) is 6.92 Å². The molecule has 0 spiro atoms. The Balaban J connectivity index is 1.63. The van der Waals surface area contributed by atoms with Crippen molar-refractivity contribution in [3.05, 3.63) is 11.6 Å². The van der Waals surface area contributed by atoms with Crippen LogP contribution in [0.5, 0.6) is 0 Å². The van der Waals surface area contributed by atoms with Crippen LogP contribution in [0.25, 0.3) is 0 Å². The molecule has 3 saturated carbocycles. The van der Waals surface area contributed by atoms with E-state index in [0.29, 0.717) is 25.6 Å². The lowest BCUT2D eigenvalue weighted by molar-refractivity contribution is -0.339. The average Bonchev–Trinajstić information content (AvgIpc) is 3.09. The summed E-state index contributed by atoms with van der Waals surface area (Å²) in [6.45, 7) is 4.93. The Labute approximate surface area is 183 Å². The number of ether oxygens (including phenoxy) is 5. The van der Waals surface area contributed by atoms with Crippen molar-refractivity contribution in [1.29, 1.82) is 0 Å². The van der Waals surface area contributed by atoms with Crippen molar-refractivity contribution in [2.24, 2.45) is 34.5 Å². The summed E-state index contributed by atoms with van der Waals surface area (Å²) in [4.78, 5) is 25.5. The first-order valence-electron chi connectivity index (χ1n) is 11.7. The maximum atomic E-state index is 13.1. The fourth-order valence-corrected chi connectivity index (χ4v) is 8.31. The number of carbonyl (C=O) groups excluding carboxylic acids is 2. The second kappa shape index (κ2) is 7.29. The summed E-state index contributed by atoms with van der Waals surface area (Å²) < 4.78 is 29.6. The van der Waals surface area contributed by atoms with Gasteiger partial charge in [0.05, 0.1) is 19.1 Å². The lowest BCUT2D eigenvalue weighted by atomic mass is 9.40. The number of fused-ring (bicyclic) bond motifs is 2. The Hall–Kier alpha value is -1.44. The summed E-state index contributed by atoms with van der Waals surface area (Å²) in [5, 5.41) is 0. The van der Waals surface area contributed by atoms with E-state index in [0.717, 1.165) is 37.7 Å². The minimum absolute atomic E-state index is 0.120. The molecule has 172 valence electrons. The topological polar surface area (TPSA) is 80.3 Å². The zero-order valence-corrected chi connectivity index (χ0v) is 19.0. The Morgan fingerprint density at radius 3 is 2.77 bits per heavy atom. The molecule has 0 aromatic rings. The second-order valence-corrected chi connectivity index (χ2v) is 10.1. The minimum Gasteiger partial charge on any atom is -0.469 e. The molecule has 2 unspecified atom stereocenters. The lowest BCUT2D eigenvalue weighted by Gasteiger charge is -2.67. The summed E-state index contributed by atoms with van der Waals surface area (Å²) in [5.74, 6) is -0.700. The monoisotopic (exact) mass is 434 g/mol. The van der Waals surface area contributed by atoms with Crippen molar-refractivity contribution in [3.63, 3.8) is 0 Å². The van der Waals surface area contributed by atoms with Crippen molar-refractivity contribution < 1.29 is 33.3 Å². The van der Waals surface area contributed by atoms with Crippen molar-refractivity contribution in [3.8, 4) is 0 Å². The number of rotatable bonds is 4. The van der Waals surface area contributed by atoms with Gasteiger partial charge in [-0.15, -0.1) is 0 Å². The van der Waals surface area contributed by atoms with Gasteiger partial charge in [0.1, 0.15) is 0 Å². The first kappa shape index (κ1) is 21.4. The molecular formula is C24H34O7. The van der Waals surface area contributed by atoms with E-state index in [1.165, 1.54) is 7.11 Å². The van der Waals surface area contributed by atoms with E-state index in [9.17, 15) is 9.59 Å². The van der Waals surface area contributed by atoms with Gasteiger partial charge in [-0.3, -0.25) is 4.79 Å². The van der Waals surface area contributed by atoms with Gasteiger partial charge in [-0.1, -0.05) is 13.3 Å². The van der Waals surface area contributed by atoms with Gasteiger partial charge in [-0.25, -0.2) is 4.79 Å². The van der Waals surface area contributed by atoms with Crippen LogP contribution in [0, 0.1) is 34.5 Å². The molecule has 31 heavy (non-hydrogen) atoms. The van der Waals surface area contributed by atoms with Crippen molar-refractivity contribution in [2.75, 3.05) is 27.4 Å². The summed E-state index contributed by atoms with van der Waals surface area (Å²) in [6, 6.07) is 0. The molecule has 0 radical (unpaired) electrons. The van der Waals surface area contributed by atoms with Crippen molar-refractivity contribution in [2.45, 2.75) is 64.4 Å². The van der Waals surface area contributed by atoms with E-state index in [-0.39, 0.29) is 35.1 Å². The zero-order valence-electron chi connectivity index (χ0n) is 19.0. The molecule has 2 bridgehead atoms. The van der Waals surface area contributed by atoms with Crippen LogP contribution < -0.4 is 0 Å². The van der Waals surface area contributed by atoms with Crippen LogP contribution in [0.1, 0.15) is 52.4 Å². The third-order valence-corrected chi connectivity index (χ3v) is 9.26. The molecule has 1 saturated heterocycles. The number of esters is 2. The highest BCUT2D eigenvalue weighted by Crippen LogP contribution is 2.70. The van der Waals surface area contributed by atoms with Gasteiger partial charge in [0, 0.05) is 37.2 Å². The SMILES string of the molecule is CCO[C@@]12C[C@H]3[C@@H](CC[C@@H]4C35CCC[C@@]4(C(=O)OC)COC5OC)[C@@H](C)C1=CC(=O)O2. The minimum atomic E-state index is -1.01. The third-order valence-electron chi connectivity index (χ3n) is 9.26. The quantitative estimate of drug-likeness (QED) is 0.629. The predicted molar refractivity (Wildman–Crippen MR) is 109 cm³/mol. The van der Waals surface area contributed by atoms with Crippen LogP contribution in [-0.4, -0.2) is 51.4 Å². The molecule has 0 amide bonds. The number of hydrogen-bond donors (Lipinski definition) is 0. The van der Waals surface area contributed by atoms with E-state index >= 15 is 0 Å². The van der Waals surface area contributed by atoms with Crippen molar-refractivity contribution >= 4 is 11.9 Å². The normalized spacial score (nSPS) is 48.1. The highest BCUT2D eigenvalue weighted by molar-refractivity contribution is 5.86. The summed E-state index contributed by atoms with van der Waals surface area (Å²) in [6.07, 6.45) is 6.42. The van der Waals surface area contributed by atoms with Gasteiger partial charge in [0.2, 0.25) is 5.79 Å². The second-order valence-electron chi connectivity index (χ2n) is 10.1. The van der Waals surface area contributed by atoms with Gasteiger partial charge < -0.3 is 23.7 Å². The van der Waals surface area contributed by atoms with Crippen LogP contribution in [0.4, 0.5) is 0 Å². The molecule has 3 aliphatic carbocycles. The maximum Gasteiger partial charge on any atom is 0.333 e. The molecule has 5 aliphatic rings. The van der Waals surface area contributed by atoms with Crippen LogP contribution >= 0.6 is 0 Å². The molecular weight excluding hydrogens is 400 g/mol. The first-order valence-corrected chi connectivity index (χ1v) is 11.7. The summed E-state index contributed by atoms with van der Waals surface area (Å²) in [5.41, 5.74) is 0.00910. The Kier molecular flexibility index (Phi) is 5.03. The van der Waals surface area contributed by atoms with Gasteiger partial charge in [0.15, 0.2) is 6.29 Å². The van der Waals surface area contributed by atoms with E-state index in [1.54, 1.807) is 13.2 Å². The molecule has 8 atom stereocenters. The van der Waals surface area contributed by atoms with E-state index < -0.39 is 17.5 Å². The fourth-order valence-electron chi connectivity index (χ4n) is 8.31. The molecule has 2 heterocycles. The maximum absolute atomic E-state index is 13.1. The molecule has 2 aliphatic heterocycles. The Morgan fingerprint density at radius 2 is 2.06 bits per heavy atom. The highest BCUT2D eigenvalue weighted by Gasteiger charge is 2.72. The number of carbonyl (C=O) groups is 2. The standard InChI is InChI=1S/C24H34O7/c1-5-30-24-12-17-15(14(2)16(24)11-19(25)31-24)7-8-18-22(20(26)27-3)9-6-10-23(17,18)21(28-4)29-13-22/h11,14-15,17-18,21H,5-10,12-13H2,1-4H3/t14-,15+,17+,18+,21?,22-,23?,24-/m1/s1. The molecule has 5 rings (SSSR count). The number of methoxy groups -OCH3 is 2. The zero-order chi connectivity index (χ0) is 22.0. The van der Waals surface area contributed by atoms with E-state index in [2.05, 4.69) is 6.92 Å². The van der Waals surface area contributed by atoms with Crippen LogP contribution in [-0.2, 0) is 33.3 Å². The molecule has 4 fully saturated rings. The predicted octanol–water partition coefficient (Wildman–Crippen LogP) is 3.22. The van der Waals surface area contributed by atoms with Crippen LogP contribution in [0.15, 0.2) is 11.6 Å². The van der Waals surface area contributed by atoms with Gasteiger partial charge in [-0.2, -0.15) is 0 Å². The fraction of sp³-hybridized carbons (Fsp3) is 0.833. The van der Waals surface area contributed by atoms with Crippen LogP contribution in [0.3, 0.4) is 0 Å². The van der Waals surface area contributed by atoms with Gasteiger partial charge in [0.25, 0.3) is 0 Å². The molecule has 0 aromatic carbocycles. The third kappa shape index (κ3) is 2.63. The highest BCUT2D eigenvalue weighted by atomic mass is 16.7. The molecule has 7 heteroatoms. The molecule has 7 nitrogen and oxygen atoms in total. The molecule has 0 aromatic heterocycles. The number of hydrogen-bond acceptors (Lipinski definition) is 7. The lowest BCUT2D eigenvalue weighted by Crippen LogP contribution is -2.69. The van der Waals surface area contributed by atoms with Crippen LogP contribution in [0.2, 0.25) is 0 Å².